The van der Waals surface area contributed by atoms with Crippen LogP contribution in [0.3, 0.4) is 0 Å². The fourth-order valence-corrected chi connectivity index (χ4v) is 4.68. The lowest BCUT2D eigenvalue weighted by Crippen LogP contribution is -2.48. The van der Waals surface area contributed by atoms with Crippen molar-refractivity contribution in [2.45, 2.75) is 18.9 Å². The van der Waals surface area contributed by atoms with Gasteiger partial charge in [0.15, 0.2) is 14.9 Å². The number of nitrogens with one attached hydrogen (secondary N) is 2. The summed E-state index contributed by atoms with van der Waals surface area (Å²) in [6.07, 6.45) is 0.569. The standard InChI is InChI=1S/C13H18N2O3S2/c1-13(7-8-20(16,17)9-13)15-12(19)14-10-3-5-11(18-2)6-4-10/h3-6H,7-9H2,1-2H3,(H2,14,15,19)/t13-/m1/s1. The van der Waals surface area contributed by atoms with Gasteiger partial charge in [-0.25, -0.2) is 8.42 Å². The lowest BCUT2D eigenvalue weighted by molar-refractivity contribution is 0.415. The van der Waals surface area contributed by atoms with Gasteiger partial charge in [0.25, 0.3) is 0 Å². The number of benzene rings is 1. The first kappa shape index (κ1) is 15.1. The molecule has 0 amide bonds. The van der Waals surface area contributed by atoms with Crippen LogP contribution in [0, 0.1) is 0 Å². The smallest absolute Gasteiger partial charge is 0.171 e. The zero-order valence-electron chi connectivity index (χ0n) is 11.5. The van der Waals surface area contributed by atoms with Gasteiger partial charge in [0, 0.05) is 5.69 Å². The molecule has 1 saturated heterocycles. The molecular weight excluding hydrogens is 296 g/mol. The Labute approximate surface area is 124 Å². The third-order valence-electron chi connectivity index (χ3n) is 3.27. The Bertz CT molecular complexity index is 599. The van der Waals surface area contributed by atoms with E-state index >= 15 is 0 Å². The molecule has 1 aliphatic heterocycles. The van der Waals surface area contributed by atoms with E-state index in [0.717, 1.165) is 11.4 Å². The molecule has 7 heteroatoms. The van der Waals surface area contributed by atoms with Gasteiger partial charge >= 0.3 is 0 Å². The Morgan fingerprint density at radius 1 is 1.35 bits per heavy atom. The Balaban J connectivity index is 1.95. The molecule has 0 bridgehead atoms. The number of hydrogen-bond donors (Lipinski definition) is 2. The first-order valence-electron chi connectivity index (χ1n) is 6.26. The van der Waals surface area contributed by atoms with Crippen molar-refractivity contribution in [3.8, 4) is 5.75 Å². The molecule has 0 aliphatic carbocycles. The average Bonchev–Trinajstić information content (AvgIpc) is 2.64. The summed E-state index contributed by atoms with van der Waals surface area (Å²) < 4.78 is 28.2. The highest BCUT2D eigenvalue weighted by Crippen LogP contribution is 2.23. The van der Waals surface area contributed by atoms with E-state index in [9.17, 15) is 8.42 Å². The van der Waals surface area contributed by atoms with Crippen molar-refractivity contribution in [1.82, 2.24) is 5.32 Å². The summed E-state index contributed by atoms with van der Waals surface area (Å²) in [5.74, 6) is 1.09. The van der Waals surface area contributed by atoms with E-state index in [-0.39, 0.29) is 11.5 Å². The molecule has 1 heterocycles. The molecule has 0 saturated carbocycles. The molecule has 5 nitrogen and oxygen atoms in total. The molecule has 1 atom stereocenters. The van der Waals surface area contributed by atoms with Crippen LogP contribution < -0.4 is 15.4 Å². The molecule has 1 aromatic carbocycles. The molecule has 0 spiro atoms. The predicted octanol–water partition coefficient (Wildman–Crippen LogP) is 1.56. The Morgan fingerprint density at radius 2 is 2.00 bits per heavy atom. The van der Waals surface area contributed by atoms with Crippen molar-refractivity contribution in [2.24, 2.45) is 0 Å². The minimum absolute atomic E-state index is 0.116. The summed E-state index contributed by atoms with van der Waals surface area (Å²) in [4.78, 5) is 0. The second kappa shape index (κ2) is 5.57. The summed E-state index contributed by atoms with van der Waals surface area (Å²) in [6.45, 7) is 1.87. The number of rotatable bonds is 3. The largest absolute Gasteiger partial charge is 0.497 e. The predicted molar refractivity (Wildman–Crippen MR) is 84.0 cm³/mol. The van der Waals surface area contributed by atoms with Crippen molar-refractivity contribution in [1.29, 1.82) is 0 Å². The quantitative estimate of drug-likeness (QED) is 0.825. The highest BCUT2D eigenvalue weighted by Gasteiger charge is 2.38. The Hall–Kier alpha value is -1.34. The van der Waals surface area contributed by atoms with Crippen molar-refractivity contribution in [2.75, 3.05) is 23.9 Å². The zero-order valence-corrected chi connectivity index (χ0v) is 13.1. The van der Waals surface area contributed by atoms with E-state index in [1.807, 2.05) is 31.2 Å². The lowest BCUT2D eigenvalue weighted by atomic mass is 10.0. The van der Waals surface area contributed by atoms with Gasteiger partial charge in [0.05, 0.1) is 24.2 Å². The van der Waals surface area contributed by atoms with Gasteiger partial charge in [0.1, 0.15) is 5.75 Å². The SMILES string of the molecule is COc1ccc(NC(=S)N[C@]2(C)CCS(=O)(=O)C2)cc1. The average molecular weight is 314 g/mol. The molecule has 2 N–H and O–H groups in total. The van der Waals surface area contributed by atoms with Gasteiger partial charge in [-0.3, -0.25) is 0 Å². The normalized spacial score (nSPS) is 24.1. The number of sulfone groups is 1. The molecule has 0 radical (unpaired) electrons. The Kier molecular flexibility index (Phi) is 4.19. The van der Waals surface area contributed by atoms with Gasteiger partial charge in [0.2, 0.25) is 0 Å². The van der Waals surface area contributed by atoms with Crippen molar-refractivity contribution < 1.29 is 13.2 Å². The van der Waals surface area contributed by atoms with Gasteiger partial charge in [-0.05, 0) is 49.8 Å². The minimum Gasteiger partial charge on any atom is -0.497 e. The molecule has 0 unspecified atom stereocenters. The second-order valence-corrected chi connectivity index (χ2v) is 7.80. The monoisotopic (exact) mass is 314 g/mol. The number of thiocarbonyl (C=S) groups is 1. The van der Waals surface area contributed by atoms with E-state index in [0.29, 0.717) is 11.5 Å². The van der Waals surface area contributed by atoms with E-state index < -0.39 is 15.4 Å². The Morgan fingerprint density at radius 3 is 2.50 bits per heavy atom. The van der Waals surface area contributed by atoms with Crippen LogP contribution in [-0.4, -0.2) is 37.7 Å². The summed E-state index contributed by atoms with van der Waals surface area (Å²) in [7, 11) is -1.34. The fourth-order valence-electron chi connectivity index (χ4n) is 2.22. The maximum Gasteiger partial charge on any atom is 0.171 e. The summed E-state index contributed by atoms with van der Waals surface area (Å²) in [5.41, 5.74) is 0.336. The number of anilines is 1. The van der Waals surface area contributed by atoms with Gasteiger partial charge in [-0.2, -0.15) is 0 Å². The van der Waals surface area contributed by atoms with Crippen LogP contribution in [-0.2, 0) is 9.84 Å². The molecule has 1 fully saturated rings. The fraction of sp³-hybridized carbons (Fsp3) is 0.462. The minimum atomic E-state index is -2.95. The summed E-state index contributed by atoms with van der Waals surface area (Å²) in [5, 5.41) is 6.57. The number of ether oxygens (including phenoxy) is 1. The molecule has 1 aromatic rings. The van der Waals surface area contributed by atoms with Crippen LogP contribution in [0.15, 0.2) is 24.3 Å². The van der Waals surface area contributed by atoms with Crippen LogP contribution in [0.5, 0.6) is 5.75 Å². The molecular formula is C13H18N2O3S2. The maximum atomic E-state index is 11.5. The van der Waals surface area contributed by atoms with E-state index in [1.165, 1.54) is 0 Å². The molecule has 0 aromatic heterocycles. The summed E-state index contributed by atoms with van der Waals surface area (Å²) in [6, 6.07) is 7.35. The van der Waals surface area contributed by atoms with Gasteiger partial charge in [-0.15, -0.1) is 0 Å². The van der Waals surface area contributed by atoms with Gasteiger partial charge in [-0.1, -0.05) is 0 Å². The van der Waals surface area contributed by atoms with Gasteiger partial charge < -0.3 is 15.4 Å². The third kappa shape index (κ3) is 3.83. The van der Waals surface area contributed by atoms with Crippen LogP contribution >= 0.6 is 12.2 Å². The molecule has 110 valence electrons. The van der Waals surface area contributed by atoms with E-state index in [1.54, 1.807) is 7.11 Å². The topological polar surface area (TPSA) is 67.4 Å². The molecule has 20 heavy (non-hydrogen) atoms. The van der Waals surface area contributed by atoms with E-state index in [2.05, 4.69) is 10.6 Å². The first-order chi connectivity index (χ1) is 9.32. The number of hydrogen-bond acceptors (Lipinski definition) is 4. The first-order valence-corrected chi connectivity index (χ1v) is 8.49. The van der Waals surface area contributed by atoms with Crippen molar-refractivity contribution in [3.05, 3.63) is 24.3 Å². The second-order valence-electron chi connectivity index (χ2n) is 5.21. The summed E-state index contributed by atoms with van der Waals surface area (Å²) >= 11 is 5.23. The van der Waals surface area contributed by atoms with Crippen LogP contribution in [0.1, 0.15) is 13.3 Å². The van der Waals surface area contributed by atoms with Crippen LogP contribution in [0.4, 0.5) is 5.69 Å². The lowest BCUT2D eigenvalue weighted by Gasteiger charge is -2.26. The zero-order chi connectivity index (χ0) is 14.8. The highest BCUT2D eigenvalue weighted by atomic mass is 32.2. The number of methoxy groups -OCH3 is 1. The highest BCUT2D eigenvalue weighted by molar-refractivity contribution is 7.91. The third-order valence-corrected chi connectivity index (χ3v) is 5.37. The molecule has 1 aliphatic rings. The molecule has 2 rings (SSSR count). The van der Waals surface area contributed by atoms with E-state index in [4.69, 9.17) is 17.0 Å². The maximum absolute atomic E-state index is 11.5. The van der Waals surface area contributed by atoms with Crippen LogP contribution in [0.2, 0.25) is 0 Å². The van der Waals surface area contributed by atoms with Crippen molar-refractivity contribution in [3.63, 3.8) is 0 Å². The van der Waals surface area contributed by atoms with Crippen LogP contribution in [0.25, 0.3) is 0 Å². The van der Waals surface area contributed by atoms with Crippen molar-refractivity contribution >= 4 is 32.9 Å².